The minimum atomic E-state index is -2.78. The van der Waals surface area contributed by atoms with Gasteiger partial charge in [-0.25, -0.2) is 0 Å². The highest BCUT2D eigenvalue weighted by Crippen LogP contribution is 2.18. The molecule has 0 aliphatic carbocycles. The molecule has 0 aliphatic rings. The number of alkyl halides is 2. The molecule has 0 fully saturated rings. The molecule has 1 atom stereocenters. The van der Waals surface area contributed by atoms with Gasteiger partial charge in [0.2, 0.25) is 0 Å². The molecular weight excluding hydrogens is 276 g/mol. The molecule has 3 nitrogen and oxygen atoms in total. The van der Waals surface area contributed by atoms with Gasteiger partial charge in [0.05, 0.1) is 6.61 Å². The van der Waals surface area contributed by atoms with Crippen LogP contribution >= 0.6 is 0 Å². The predicted molar refractivity (Wildman–Crippen MR) is 79.8 cm³/mol. The molecule has 0 amide bonds. The first-order valence-corrected chi connectivity index (χ1v) is 7.35. The number of halogens is 2. The van der Waals surface area contributed by atoms with Crippen LogP contribution in [0.25, 0.3) is 0 Å². The van der Waals surface area contributed by atoms with Crippen LogP contribution < -0.4 is 10.1 Å². The first kappa shape index (κ1) is 17.9. The van der Waals surface area contributed by atoms with Crippen LogP contribution in [0.3, 0.4) is 0 Å². The number of hydrogen-bond donors (Lipinski definition) is 1. The second kappa shape index (κ2) is 9.68. The van der Waals surface area contributed by atoms with Crippen molar-refractivity contribution in [2.75, 3.05) is 19.8 Å². The summed E-state index contributed by atoms with van der Waals surface area (Å²) in [5.74, 6) is 0.837. The van der Waals surface area contributed by atoms with Gasteiger partial charge in [-0.3, -0.25) is 0 Å². The Morgan fingerprint density at radius 1 is 1.05 bits per heavy atom. The zero-order chi connectivity index (χ0) is 15.7. The van der Waals surface area contributed by atoms with Crippen LogP contribution in [-0.2, 0) is 4.74 Å². The monoisotopic (exact) mass is 301 g/mol. The molecular formula is C16H25F2NO2. The maximum absolute atomic E-state index is 12.0. The molecule has 1 unspecified atom stereocenters. The second-order valence-corrected chi connectivity index (χ2v) is 5.42. The highest BCUT2D eigenvalue weighted by Gasteiger charge is 2.07. The summed E-state index contributed by atoms with van der Waals surface area (Å²) in [6.45, 7) is 5.80. The lowest BCUT2D eigenvalue weighted by Crippen LogP contribution is -2.23. The van der Waals surface area contributed by atoms with Crippen LogP contribution in [0.2, 0.25) is 0 Å². The third kappa shape index (κ3) is 7.97. The Kier molecular flexibility index (Phi) is 8.23. The Balaban J connectivity index is 2.24. The third-order valence-corrected chi connectivity index (χ3v) is 3.14. The van der Waals surface area contributed by atoms with Crippen molar-refractivity contribution in [1.82, 2.24) is 5.32 Å². The molecule has 1 aromatic carbocycles. The van der Waals surface area contributed by atoms with E-state index in [0.717, 1.165) is 25.1 Å². The van der Waals surface area contributed by atoms with E-state index < -0.39 is 6.61 Å². The van der Waals surface area contributed by atoms with E-state index in [4.69, 9.17) is 4.74 Å². The van der Waals surface area contributed by atoms with Crippen molar-refractivity contribution in [2.24, 2.45) is 5.92 Å². The van der Waals surface area contributed by atoms with Gasteiger partial charge in [-0.1, -0.05) is 26.0 Å². The predicted octanol–water partition coefficient (Wildman–Crippen LogP) is 4.00. The number of rotatable bonds is 10. The van der Waals surface area contributed by atoms with Crippen molar-refractivity contribution in [3.63, 3.8) is 0 Å². The highest BCUT2D eigenvalue weighted by molar-refractivity contribution is 5.28. The van der Waals surface area contributed by atoms with Gasteiger partial charge in [-0.2, -0.15) is 8.78 Å². The van der Waals surface area contributed by atoms with Gasteiger partial charge in [0.15, 0.2) is 0 Å². The quantitative estimate of drug-likeness (QED) is 0.663. The maximum Gasteiger partial charge on any atom is 0.387 e. The standard InChI is InChI=1S/C16H25F2NO2/c1-12(2)8-10-20-11-9-19-13(3)14-4-6-15(7-5-14)21-16(17)18/h4-7,12-13,16,19H,8-11H2,1-3H3. The van der Waals surface area contributed by atoms with Crippen LogP contribution in [0.4, 0.5) is 8.78 Å². The van der Waals surface area contributed by atoms with Gasteiger partial charge in [0.25, 0.3) is 0 Å². The molecule has 1 N–H and O–H groups in total. The largest absolute Gasteiger partial charge is 0.435 e. The molecule has 0 spiro atoms. The van der Waals surface area contributed by atoms with Gasteiger partial charge in [0.1, 0.15) is 5.75 Å². The Labute approximate surface area is 125 Å². The summed E-state index contributed by atoms with van der Waals surface area (Å²) in [7, 11) is 0. The Hall–Kier alpha value is -1.20. The van der Waals surface area contributed by atoms with Crippen LogP contribution in [0.1, 0.15) is 38.8 Å². The van der Waals surface area contributed by atoms with Crippen molar-refractivity contribution < 1.29 is 18.3 Å². The van der Waals surface area contributed by atoms with Crippen molar-refractivity contribution in [3.8, 4) is 5.75 Å². The average molecular weight is 301 g/mol. The molecule has 5 heteroatoms. The lowest BCUT2D eigenvalue weighted by atomic mass is 10.1. The molecule has 0 aromatic heterocycles. The molecule has 0 saturated heterocycles. The summed E-state index contributed by atoms with van der Waals surface area (Å²) < 4.78 is 33.9. The third-order valence-electron chi connectivity index (χ3n) is 3.14. The number of ether oxygens (including phenoxy) is 2. The fourth-order valence-electron chi connectivity index (χ4n) is 1.82. The van der Waals surface area contributed by atoms with E-state index >= 15 is 0 Å². The van der Waals surface area contributed by atoms with Crippen LogP contribution in [0.5, 0.6) is 5.75 Å². The summed E-state index contributed by atoms with van der Waals surface area (Å²) in [5, 5.41) is 3.33. The minimum Gasteiger partial charge on any atom is -0.435 e. The Morgan fingerprint density at radius 3 is 2.29 bits per heavy atom. The highest BCUT2D eigenvalue weighted by atomic mass is 19.3. The average Bonchev–Trinajstić information content (AvgIpc) is 2.42. The Morgan fingerprint density at radius 2 is 1.71 bits per heavy atom. The van der Waals surface area contributed by atoms with Gasteiger partial charge in [-0.15, -0.1) is 0 Å². The molecule has 1 aromatic rings. The summed E-state index contributed by atoms with van der Waals surface area (Å²) in [6, 6.07) is 6.82. The van der Waals surface area contributed by atoms with Crippen LogP contribution in [-0.4, -0.2) is 26.4 Å². The van der Waals surface area contributed by atoms with Crippen molar-refractivity contribution in [2.45, 2.75) is 39.8 Å². The van der Waals surface area contributed by atoms with E-state index in [-0.39, 0.29) is 11.8 Å². The van der Waals surface area contributed by atoms with E-state index in [0.29, 0.717) is 12.5 Å². The van der Waals surface area contributed by atoms with Gasteiger partial charge in [-0.05, 0) is 37.0 Å². The lowest BCUT2D eigenvalue weighted by molar-refractivity contribution is -0.0498. The van der Waals surface area contributed by atoms with E-state index in [1.165, 1.54) is 0 Å². The summed E-state index contributed by atoms with van der Waals surface area (Å²) in [4.78, 5) is 0. The number of benzene rings is 1. The van der Waals surface area contributed by atoms with Crippen LogP contribution in [0.15, 0.2) is 24.3 Å². The second-order valence-electron chi connectivity index (χ2n) is 5.42. The summed E-state index contributed by atoms with van der Waals surface area (Å²) in [5.41, 5.74) is 1.03. The van der Waals surface area contributed by atoms with Crippen molar-refractivity contribution >= 4 is 0 Å². The van der Waals surface area contributed by atoms with Gasteiger partial charge in [0, 0.05) is 19.2 Å². The molecule has 0 aliphatic heterocycles. The van der Waals surface area contributed by atoms with E-state index in [1.807, 2.05) is 6.92 Å². The molecule has 120 valence electrons. The number of nitrogens with one attached hydrogen (secondary N) is 1. The van der Waals surface area contributed by atoms with Crippen molar-refractivity contribution in [3.05, 3.63) is 29.8 Å². The SMILES string of the molecule is CC(C)CCOCCNC(C)c1ccc(OC(F)F)cc1. The zero-order valence-electron chi connectivity index (χ0n) is 12.9. The van der Waals surface area contributed by atoms with E-state index in [9.17, 15) is 8.78 Å². The molecule has 0 bridgehead atoms. The topological polar surface area (TPSA) is 30.5 Å². The smallest absolute Gasteiger partial charge is 0.387 e. The van der Waals surface area contributed by atoms with Crippen LogP contribution in [0, 0.1) is 5.92 Å². The van der Waals surface area contributed by atoms with E-state index in [2.05, 4.69) is 23.9 Å². The summed E-state index contributed by atoms with van der Waals surface area (Å²) >= 11 is 0. The van der Waals surface area contributed by atoms with Gasteiger partial charge < -0.3 is 14.8 Å². The molecule has 21 heavy (non-hydrogen) atoms. The molecule has 0 saturated carbocycles. The number of hydrogen-bond acceptors (Lipinski definition) is 3. The van der Waals surface area contributed by atoms with Crippen molar-refractivity contribution in [1.29, 1.82) is 0 Å². The normalized spacial score (nSPS) is 12.9. The fourth-order valence-corrected chi connectivity index (χ4v) is 1.82. The Bertz CT molecular complexity index is 382. The summed E-state index contributed by atoms with van der Waals surface area (Å²) in [6.07, 6.45) is 1.07. The first-order valence-electron chi connectivity index (χ1n) is 7.35. The molecule has 1 rings (SSSR count). The molecule has 0 heterocycles. The fraction of sp³-hybridized carbons (Fsp3) is 0.625. The van der Waals surface area contributed by atoms with E-state index in [1.54, 1.807) is 24.3 Å². The zero-order valence-corrected chi connectivity index (χ0v) is 12.9. The molecule has 0 radical (unpaired) electrons. The van der Waals surface area contributed by atoms with Gasteiger partial charge >= 0.3 is 6.61 Å². The minimum absolute atomic E-state index is 0.138. The maximum atomic E-state index is 12.0. The first-order chi connectivity index (χ1) is 9.99. The lowest BCUT2D eigenvalue weighted by Gasteiger charge is -2.15.